The fourth-order valence-corrected chi connectivity index (χ4v) is 2.84. The van der Waals surface area contributed by atoms with Crippen LogP contribution in [0.3, 0.4) is 0 Å². The van der Waals surface area contributed by atoms with Gasteiger partial charge in [-0.1, -0.05) is 39.7 Å². The van der Waals surface area contributed by atoms with E-state index in [4.69, 9.17) is 11.6 Å². The van der Waals surface area contributed by atoms with Gasteiger partial charge in [0.1, 0.15) is 0 Å². The second-order valence-corrected chi connectivity index (χ2v) is 6.00. The summed E-state index contributed by atoms with van der Waals surface area (Å²) in [6, 6.07) is 13.5. The van der Waals surface area contributed by atoms with Crippen molar-refractivity contribution >= 4 is 39.1 Å². The predicted molar refractivity (Wildman–Crippen MR) is 84.1 cm³/mol. The molecule has 3 nitrogen and oxygen atoms in total. The van der Waals surface area contributed by atoms with Crippen LogP contribution in [-0.4, -0.2) is 12.5 Å². The van der Waals surface area contributed by atoms with E-state index in [1.165, 1.54) is 0 Å². The first-order valence-electron chi connectivity index (χ1n) is 6.21. The van der Waals surface area contributed by atoms with E-state index in [2.05, 4.69) is 26.6 Å². The largest absolute Gasteiger partial charge is 0.325 e. The quantitative estimate of drug-likeness (QED) is 0.822. The Morgan fingerprint density at radius 1 is 1.15 bits per heavy atom. The molecule has 0 bridgehead atoms. The molecule has 1 aliphatic rings. The molecule has 20 heavy (non-hydrogen) atoms. The van der Waals surface area contributed by atoms with E-state index in [1.54, 1.807) is 0 Å². The van der Waals surface area contributed by atoms with Gasteiger partial charge in [-0.2, -0.15) is 0 Å². The highest BCUT2D eigenvalue weighted by molar-refractivity contribution is 9.10. The molecule has 0 spiro atoms. The zero-order valence-corrected chi connectivity index (χ0v) is 12.8. The Hall–Kier alpha value is -1.36. The molecule has 1 atom stereocenters. The SMILES string of the molecule is O=C1CNC(c2ccc(Cl)cc2)c2cc(Br)ccc2N1. The lowest BCUT2D eigenvalue weighted by atomic mass is 9.97. The van der Waals surface area contributed by atoms with Crippen LogP contribution in [0, 0.1) is 0 Å². The predicted octanol–water partition coefficient (Wildman–Crippen LogP) is 3.73. The molecule has 0 aromatic heterocycles. The van der Waals surface area contributed by atoms with Crippen molar-refractivity contribution in [2.24, 2.45) is 0 Å². The minimum absolute atomic E-state index is 0.0370. The summed E-state index contributed by atoms with van der Waals surface area (Å²) >= 11 is 9.42. The van der Waals surface area contributed by atoms with Crippen LogP contribution in [0.2, 0.25) is 5.02 Å². The minimum atomic E-state index is -0.0429. The lowest BCUT2D eigenvalue weighted by Crippen LogP contribution is -2.27. The Morgan fingerprint density at radius 2 is 1.90 bits per heavy atom. The first-order valence-corrected chi connectivity index (χ1v) is 7.39. The maximum Gasteiger partial charge on any atom is 0.238 e. The van der Waals surface area contributed by atoms with Crippen molar-refractivity contribution in [3.63, 3.8) is 0 Å². The first kappa shape index (κ1) is 13.6. The summed E-state index contributed by atoms with van der Waals surface area (Å²) in [5.41, 5.74) is 2.95. The smallest absolute Gasteiger partial charge is 0.238 e. The van der Waals surface area contributed by atoms with Gasteiger partial charge < -0.3 is 5.32 Å². The van der Waals surface area contributed by atoms with Gasteiger partial charge in [-0.05, 0) is 41.5 Å². The van der Waals surface area contributed by atoms with Crippen molar-refractivity contribution in [1.29, 1.82) is 0 Å². The van der Waals surface area contributed by atoms with Crippen LogP contribution >= 0.6 is 27.5 Å². The van der Waals surface area contributed by atoms with Gasteiger partial charge in [0.05, 0.1) is 12.6 Å². The zero-order chi connectivity index (χ0) is 14.1. The van der Waals surface area contributed by atoms with Crippen LogP contribution in [0.1, 0.15) is 17.2 Å². The summed E-state index contributed by atoms with van der Waals surface area (Å²) in [5.74, 6) is -0.0370. The zero-order valence-electron chi connectivity index (χ0n) is 10.5. The summed E-state index contributed by atoms with van der Waals surface area (Å²) in [7, 11) is 0. The molecule has 0 saturated carbocycles. The van der Waals surface area contributed by atoms with Gasteiger partial charge >= 0.3 is 0 Å². The number of nitrogens with one attached hydrogen (secondary N) is 2. The number of anilines is 1. The Bertz CT molecular complexity index is 657. The van der Waals surface area contributed by atoms with Crippen molar-refractivity contribution in [3.8, 4) is 0 Å². The van der Waals surface area contributed by atoms with Crippen molar-refractivity contribution in [2.75, 3.05) is 11.9 Å². The molecule has 1 aliphatic heterocycles. The van der Waals surface area contributed by atoms with E-state index in [0.717, 1.165) is 21.3 Å². The number of carbonyl (C=O) groups is 1. The second kappa shape index (κ2) is 5.56. The standard InChI is InChI=1S/C15H12BrClN2O/c16-10-3-6-13-12(7-10)15(18-8-14(20)19-13)9-1-4-11(17)5-2-9/h1-7,15,18H,8H2,(H,19,20). The Kier molecular flexibility index (Phi) is 3.78. The molecule has 3 rings (SSSR count). The maximum atomic E-state index is 11.8. The molecule has 2 N–H and O–H groups in total. The average Bonchev–Trinajstić information content (AvgIpc) is 2.58. The highest BCUT2D eigenvalue weighted by atomic mass is 79.9. The summed E-state index contributed by atoms with van der Waals surface area (Å²) in [5, 5.41) is 6.89. The Balaban J connectivity index is 2.09. The summed E-state index contributed by atoms with van der Waals surface area (Å²) in [6.07, 6.45) is 0. The van der Waals surface area contributed by atoms with Crippen molar-refractivity contribution in [3.05, 3.63) is 63.1 Å². The summed E-state index contributed by atoms with van der Waals surface area (Å²) in [6.45, 7) is 0.277. The van der Waals surface area contributed by atoms with Crippen LogP contribution in [0.15, 0.2) is 46.9 Å². The van der Waals surface area contributed by atoms with Gasteiger partial charge in [0.2, 0.25) is 5.91 Å². The van der Waals surface area contributed by atoms with E-state index < -0.39 is 0 Å². The molecule has 2 aromatic rings. The van der Waals surface area contributed by atoms with Crippen LogP contribution in [0.4, 0.5) is 5.69 Å². The number of hydrogen-bond donors (Lipinski definition) is 2. The molecule has 1 heterocycles. The van der Waals surface area contributed by atoms with Crippen LogP contribution in [0.25, 0.3) is 0 Å². The van der Waals surface area contributed by atoms with Gasteiger partial charge in [-0.3, -0.25) is 10.1 Å². The second-order valence-electron chi connectivity index (χ2n) is 4.65. The summed E-state index contributed by atoms with van der Waals surface area (Å²) < 4.78 is 0.980. The molecule has 102 valence electrons. The van der Waals surface area contributed by atoms with E-state index in [1.807, 2.05) is 42.5 Å². The van der Waals surface area contributed by atoms with Gasteiger partial charge in [0.25, 0.3) is 0 Å². The number of fused-ring (bicyclic) bond motifs is 1. The molecule has 5 heteroatoms. The molecule has 0 saturated heterocycles. The topological polar surface area (TPSA) is 41.1 Å². The van der Waals surface area contributed by atoms with Crippen LogP contribution < -0.4 is 10.6 Å². The van der Waals surface area contributed by atoms with E-state index in [-0.39, 0.29) is 18.5 Å². The highest BCUT2D eigenvalue weighted by Crippen LogP contribution is 2.32. The Morgan fingerprint density at radius 3 is 2.65 bits per heavy atom. The van der Waals surface area contributed by atoms with Gasteiger partial charge in [-0.15, -0.1) is 0 Å². The molecular formula is C15H12BrClN2O. The highest BCUT2D eigenvalue weighted by Gasteiger charge is 2.22. The molecule has 0 aliphatic carbocycles. The van der Waals surface area contributed by atoms with Crippen LogP contribution in [-0.2, 0) is 4.79 Å². The third-order valence-corrected chi connectivity index (χ3v) is 4.01. The number of amides is 1. The van der Waals surface area contributed by atoms with Gasteiger partial charge in [0.15, 0.2) is 0 Å². The van der Waals surface area contributed by atoms with E-state index in [0.29, 0.717) is 5.02 Å². The molecule has 1 unspecified atom stereocenters. The van der Waals surface area contributed by atoms with Crippen molar-refractivity contribution in [2.45, 2.75) is 6.04 Å². The maximum absolute atomic E-state index is 11.8. The minimum Gasteiger partial charge on any atom is -0.325 e. The van der Waals surface area contributed by atoms with Crippen LogP contribution in [0.5, 0.6) is 0 Å². The number of hydrogen-bond acceptors (Lipinski definition) is 2. The first-order chi connectivity index (χ1) is 9.63. The van der Waals surface area contributed by atoms with Crippen molar-refractivity contribution in [1.82, 2.24) is 5.32 Å². The van der Waals surface area contributed by atoms with Crippen molar-refractivity contribution < 1.29 is 4.79 Å². The number of carbonyl (C=O) groups excluding carboxylic acids is 1. The average molecular weight is 352 g/mol. The molecule has 2 aromatic carbocycles. The number of rotatable bonds is 1. The van der Waals surface area contributed by atoms with E-state index >= 15 is 0 Å². The Labute approximate surface area is 130 Å². The number of halogens is 2. The third kappa shape index (κ3) is 2.73. The van der Waals surface area contributed by atoms with Gasteiger partial charge in [0, 0.05) is 15.2 Å². The third-order valence-electron chi connectivity index (χ3n) is 3.27. The number of benzene rings is 2. The normalized spacial score (nSPS) is 18.1. The molecular weight excluding hydrogens is 340 g/mol. The lowest BCUT2D eigenvalue weighted by Gasteiger charge is -2.19. The molecule has 0 fully saturated rings. The van der Waals surface area contributed by atoms with Gasteiger partial charge in [-0.25, -0.2) is 0 Å². The fourth-order valence-electron chi connectivity index (χ4n) is 2.34. The molecule has 0 radical (unpaired) electrons. The summed E-state index contributed by atoms with van der Waals surface area (Å²) in [4.78, 5) is 11.8. The lowest BCUT2D eigenvalue weighted by molar-refractivity contribution is -0.115. The fraction of sp³-hybridized carbons (Fsp3) is 0.133. The molecule has 1 amide bonds. The monoisotopic (exact) mass is 350 g/mol. The van der Waals surface area contributed by atoms with E-state index in [9.17, 15) is 4.79 Å².